The third-order valence-electron chi connectivity index (χ3n) is 2.60. The number of nitrogens with zero attached hydrogens (tertiary/aromatic N) is 1. The number of carbonyl (C=O) groups is 1. The number of nitrogens with one attached hydrogen (secondary N) is 3. The Balaban J connectivity index is 3.88. The highest BCUT2D eigenvalue weighted by Crippen LogP contribution is 2.05. The standard InChI is InChI=1S/C16H34N4O3/c1-6-17-14(18-10-8-9-13-22-7-2)19-11-12-20-15(21)23-16(3,4)5/h6-13H2,1-5H3,(H,20,21)(H2,17,18,19). The van der Waals surface area contributed by atoms with E-state index >= 15 is 0 Å². The average molecular weight is 330 g/mol. The highest BCUT2D eigenvalue weighted by molar-refractivity contribution is 5.79. The first-order chi connectivity index (χ1) is 10.9. The van der Waals surface area contributed by atoms with Crippen molar-refractivity contribution in [3.8, 4) is 0 Å². The zero-order valence-corrected chi connectivity index (χ0v) is 15.3. The smallest absolute Gasteiger partial charge is 0.407 e. The summed E-state index contributed by atoms with van der Waals surface area (Å²) in [5, 5.41) is 9.06. The van der Waals surface area contributed by atoms with Gasteiger partial charge in [-0.25, -0.2) is 4.79 Å². The number of hydrogen-bond donors (Lipinski definition) is 3. The molecule has 136 valence electrons. The van der Waals surface area contributed by atoms with Crippen molar-refractivity contribution in [1.82, 2.24) is 16.0 Å². The van der Waals surface area contributed by atoms with Gasteiger partial charge in [0.25, 0.3) is 0 Å². The molecule has 0 heterocycles. The highest BCUT2D eigenvalue weighted by atomic mass is 16.6. The van der Waals surface area contributed by atoms with Crippen LogP contribution in [0.3, 0.4) is 0 Å². The molecule has 0 spiro atoms. The van der Waals surface area contributed by atoms with Crippen molar-refractivity contribution < 1.29 is 14.3 Å². The number of guanidine groups is 1. The molecule has 0 aromatic heterocycles. The van der Waals surface area contributed by atoms with E-state index in [9.17, 15) is 4.79 Å². The molecular weight excluding hydrogens is 296 g/mol. The Kier molecular flexibility index (Phi) is 12.1. The Morgan fingerprint density at radius 3 is 2.35 bits per heavy atom. The van der Waals surface area contributed by atoms with Crippen LogP contribution < -0.4 is 16.0 Å². The third kappa shape index (κ3) is 15.2. The minimum atomic E-state index is -0.477. The van der Waals surface area contributed by atoms with Crippen LogP contribution in [-0.4, -0.2) is 57.0 Å². The molecule has 3 N–H and O–H groups in total. The molecule has 0 aliphatic rings. The lowest BCUT2D eigenvalue weighted by molar-refractivity contribution is 0.0529. The van der Waals surface area contributed by atoms with E-state index in [1.807, 2.05) is 34.6 Å². The van der Waals surface area contributed by atoms with Crippen molar-refractivity contribution >= 4 is 12.1 Å². The van der Waals surface area contributed by atoms with E-state index in [-0.39, 0.29) is 0 Å². The second kappa shape index (κ2) is 13.0. The highest BCUT2D eigenvalue weighted by Gasteiger charge is 2.15. The summed E-state index contributed by atoms with van der Waals surface area (Å²) in [5.41, 5.74) is -0.477. The predicted molar refractivity (Wildman–Crippen MR) is 93.9 cm³/mol. The van der Waals surface area contributed by atoms with Crippen molar-refractivity contribution in [3.63, 3.8) is 0 Å². The second-order valence-electron chi connectivity index (χ2n) is 6.02. The van der Waals surface area contributed by atoms with Gasteiger partial charge in [0.05, 0.1) is 0 Å². The van der Waals surface area contributed by atoms with Crippen LogP contribution in [0, 0.1) is 0 Å². The van der Waals surface area contributed by atoms with Crippen molar-refractivity contribution in [2.24, 2.45) is 4.99 Å². The molecule has 0 unspecified atom stereocenters. The van der Waals surface area contributed by atoms with Crippen LogP contribution in [0.2, 0.25) is 0 Å². The maximum atomic E-state index is 11.5. The number of ether oxygens (including phenoxy) is 2. The number of aliphatic imine (C=N–C) groups is 1. The van der Waals surface area contributed by atoms with Crippen molar-refractivity contribution in [1.29, 1.82) is 0 Å². The van der Waals surface area contributed by atoms with Crippen LogP contribution >= 0.6 is 0 Å². The number of hydrogen-bond acceptors (Lipinski definition) is 4. The molecule has 7 heteroatoms. The zero-order valence-electron chi connectivity index (χ0n) is 15.3. The maximum Gasteiger partial charge on any atom is 0.407 e. The molecule has 0 saturated carbocycles. The number of rotatable bonds is 10. The fourth-order valence-corrected chi connectivity index (χ4v) is 1.65. The second-order valence-corrected chi connectivity index (χ2v) is 6.02. The van der Waals surface area contributed by atoms with Crippen molar-refractivity contribution in [2.45, 2.75) is 53.1 Å². The van der Waals surface area contributed by atoms with Crippen LogP contribution in [0.25, 0.3) is 0 Å². The average Bonchev–Trinajstić information content (AvgIpc) is 2.45. The van der Waals surface area contributed by atoms with E-state index < -0.39 is 11.7 Å². The van der Waals surface area contributed by atoms with E-state index in [4.69, 9.17) is 9.47 Å². The summed E-state index contributed by atoms with van der Waals surface area (Å²) in [6.07, 6.45) is 1.60. The monoisotopic (exact) mass is 330 g/mol. The van der Waals surface area contributed by atoms with Crippen molar-refractivity contribution in [3.05, 3.63) is 0 Å². The molecule has 0 aliphatic heterocycles. The SMILES string of the molecule is CCNC(=NCCCCOCC)NCCNC(=O)OC(C)(C)C. The first-order valence-electron chi connectivity index (χ1n) is 8.45. The lowest BCUT2D eigenvalue weighted by Gasteiger charge is -2.19. The Morgan fingerprint density at radius 2 is 1.74 bits per heavy atom. The molecule has 0 bridgehead atoms. The number of unbranched alkanes of at least 4 members (excludes halogenated alkanes) is 1. The first-order valence-corrected chi connectivity index (χ1v) is 8.45. The molecule has 0 fully saturated rings. The summed E-state index contributed by atoms with van der Waals surface area (Å²) in [5.74, 6) is 0.759. The molecule has 0 aromatic rings. The zero-order chi connectivity index (χ0) is 17.6. The van der Waals surface area contributed by atoms with Crippen LogP contribution in [0.1, 0.15) is 47.5 Å². The summed E-state index contributed by atoms with van der Waals surface area (Å²) in [6, 6.07) is 0. The van der Waals surface area contributed by atoms with Crippen LogP contribution in [0.15, 0.2) is 4.99 Å². The van der Waals surface area contributed by atoms with Crippen molar-refractivity contribution in [2.75, 3.05) is 39.4 Å². The molecule has 1 amide bonds. The quantitative estimate of drug-likeness (QED) is 0.324. The topological polar surface area (TPSA) is 84.0 Å². The van der Waals surface area contributed by atoms with E-state index in [1.54, 1.807) is 0 Å². The van der Waals surface area contributed by atoms with E-state index in [1.165, 1.54) is 0 Å². The summed E-state index contributed by atoms with van der Waals surface area (Å²) in [4.78, 5) is 16.0. The third-order valence-corrected chi connectivity index (χ3v) is 2.60. The van der Waals surface area contributed by atoms with Gasteiger partial charge in [0, 0.05) is 39.4 Å². The van der Waals surface area contributed by atoms with Crippen LogP contribution in [0.5, 0.6) is 0 Å². The fourth-order valence-electron chi connectivity index (χ4n) is 1.65. The lowest BCUT2D eigenvalue weighted by atomic mass is 10.2. The molecule has 0 aliphatic carbocycles. The van der Waals surface area contributed by atoms with Gasteiger partial charge in [-0.15, -0.1) is 0 Å². The van der Waals surface area contributed by atoms with Crippen LogP contribution in [0.4, 0.5) is 4.79 Å². The molecule has 0 radical (unpaired) electrons. The molecule has 0 saturated heterocycles. The molecule has 0 rings (SSSR count). The lowest BCUT2D eigenvalue weighted by Crippen LogP contribution is -2.42. The van der Waals surface area contributed by atoms with Gasteiger partial charge in [-0.2, -0.15) is 0 Å². The van der Waals surface area contributed by atoms with Gasteiger partial charge in [0.2, 0.25) is 0 Å². The van der Waals surface area contributed by atoms with Gasteiger partial charge >= 0.3 is 6.09 Å². The van der Waals surface area contributed by atoms with Gasteiger partial charge in [-0.3, -0.25) is 4.99 Å². The van der Waals surface area contributed by atoms with E-state index in [0.717, 1.165) is 45.1 Å². The summed E-state index contributed by atoms with van der Waals surface area (Å²) in [6.45, 7) is 13.7. The fraction of sp³-hybridized carbons (Fsp3) is 0.875. The Hall–Kier alpha value is -1.50. The Bertz CT molecular complexity index is 341. The molecule has 0 aromatic carbocycles. The maximum absolute atomic E-state index is 11.5. The van der Waals surface area contributed by atoms with E-state index in [0.29, 0.717) is 13.1 Å². The van der Waals surface area contributed by atoms with Gasteiger partial charge in [0.15, 0.2) is 5.96 Å². The Morgan fingerprint density at radius 1 is 1.04 bits per heavy atom. The number of carbonyl (C=O) groups excluding carboxylic acids is 1. The summed E-state index contributed by atoms with van der Waals surface area (Å²) >= 11 is 0. The molecule has 0 atom stereocenters. The summed E-state index contributed by atoms with van der Waals surface area (Å²) in [7, 11) is 0. The number of alkyl carbamates (subject to hydrolysis) is 1. The van der Waals surface area contributed by atoms with Gasteiger partial charge in [-0.1, -0.05) is 0 Å². The predicted octanol–water partition coefficient (Wildman–Crippen LogP) is 1.88. The van der Waals surface area contributed by atoms with Gasteiger partial charge in [0.1, 0.15) is 5.60 Å². The first kappa shape index (κ1) is 21.5. The molecule has 23 heavy (non-hydrogen) atoms. The van der Waals surface area contributed by atoms with Gasteiger partial charge < -0.3 is 25.4 Å². The summed E-state index contributed by atoms with van der Waals surface area (Å²) < 4.78 is 10.5. The normalized spacial score (nSPS) is 12.0. The molecular formula is C16H34N4O3. The Labute approximate surface area is 140 Å². The minimum absolute atomic E-state index is 0.405. The van der Waals surface area contributed by atoms with Crippen LogP contribution in [-0.2, 0) is 9.47 Å². The minimum Gasteiger partial charge on any atom is -0.444 e. The largest absolute Gasteiger partial charge is 0.444 e. The molecule has 7 nitrogen and oxygen atoms in total. The van der Waals surface area contributed by atoms with Gasteiger partial charge in [-0.05, 0) is 47.5 Å². The number of amides is 1. The van der Waals surface area contributed by atoms with E-state index in [2.05, 4.69) is 20.9 Å².